The van der Waals surface area contributed by atoms with Gasteiger partial charge in [0.15, 0.2) is 0 Å². The molecule has 0 spiro atoms. The highest BCUT2D eigenvalue weighted by atomic mass is 19.1. The molecule has 1 amide bonds. The van der Waals surface area contributed by atoms with Crippen LogP contribution in [0.2, 0.25) is 0 Å². The molecule has 29 heavy (non-hydrogen) atoms. The van der Waals surface area contributed by atoms with Gasteiger partial charge in [0.05, 0.1) is 16.7 Å². The third kappa shape index (κ3) is 4.46. The fourth-order valence-corrected chi connectivity index (χ4v) is 4.01. The fraction of sp³-hybridized carbons (Fsp3) is 0.682. The van der Waals surface area contributed by atoms with E-state index in [0.29, 0.717) is 0 Å². The van der Waals surface area contributed by atoms with Crippen molar-refractivity contribution in [2.75, 3.05) is 0 Å². The summed E-state index contributed by atoms with van der Waals surface area (Å²) in [5.41, 5.74) is -1.81. The average molecular weight is 405 g/mol. The van der Waals surface area contributed by atoms with Gasteiger partial charge in [-0.05, 0) is 66.4 Å². The van der Waals surface area contributed by atoms with E-state index in [1.165, 1.54) is 0 Å². The number of nitrogens with one attached hydrogen (secondary N) is 1. The van der Waals surface area contributed by atoms with E-state index in [1.807, 2.05) is 52.0 Å². The van der Waals surface area contributed by atoms with Gasteiger partial charge in [-0.1, -0.05) is 24.3 Å². The van der Waals surface area contributed by atoms with Crippen LogP contribution in [-0.2, 0) is 19.6 Å². The highest BCUT2D eigenvalue weighted by Crippen LogP contribution is 2.50. The van der Waals surface area contributed by atoms with Gasteiger partial charge >= 0.3 is 13.2 Å². The van der Waals surface area contributed by atoms with E-state index in [2.05, 4.69) is 5.32 Å². The highest BCUT2D eigenvalue weighted by Gasteiger charge is 2.55. The molecule has 0 aromatic heterocycles. The van der Waals surface area contributed by atoms with Crippen molar-refractivity contribution < 1.29 is 23.2 Å². The molecule has 0 unspecified atom stereocenters. The Morgan fingerprint density at radius 3 is 1.93 bits per heavy atom. The zero-order chi connectivity index (χ0) is 21.9. The number of halogens is 1. The second-order valence-corrected chi connectivity index (χ2v) is 10.7. The van der Waals surface area contributed by atoms with Crippen LogP contribution in [0.1, 0.15) is 73.8 Å². The average Bonchev–Trinajstić information content (AvgIpc) is 2.71. The van der Waals surface area contributed by atoms with Gasteiger partial charge in [0.25, 0.3) is 0 Å². The van der Waals surface area contributed by atoms with E-state index in [4.69, 9.17) is 14.0 Å². The summed E-state index contributed by atoms with van der Waals surface area (Å²) in [4.78, 5) is 12.4. The highest BCUT2D eigenvalue weighted by molar-refractivity contribution is 6.62. The van der Waals surface area contributed by atoms with Crippen molar-refractivity contribution in [3.05, 3.63) is 29.8 Å². The lowest BCUT2D eigenvalue weighted by molar-refractivity contribution is -0.0289. The normalized spacial score (nSPS) is 30.6. The van der Waals surface area contributed by atoms with Crippen molar-refractivity contribution in [3.8, 4) is 0 Å². The third-order valence-electron chi connectivity index (χ3n) is 6.07. The van der Waals surface area contributed by atoms with Crippen LogP contribution in [0.4, 0.5) is 9.18 Å². The minimum atomic E-state index is -1.32. The van der Waals surface area contributed by atoms with Crippen LogP contribution in [0.25, 0.3) is 0 Å². The predicted octanol–water partition coefficient (Wildman–Crippen LogP) is 4.23. The Morgan fingerprint density at radius 2 is 1.52 bits per heavy atom. The first kappa shape index (κ1) is 22.1. The number of amides is 1. The van der Waals surface area contributed by atoms with Gasteiger partial charge in [-0.15, -0.1) is 0 Å². The maximum absolute atomic E-state index is 14.4. The van der Waals surface area contributed by atoms with Crippen molar-refractivity contribution in [3.63, 3.8) is 0 Å². The monoisotopic (exact) mass is 405 g/mol. The van der Waals surface area contributed by atoms with Crippen LogP contribution in [0.3, 0.4) is 0 Å². The van der Waals surface area contributed by atoms with Gasteiger partial charge in [-0.2, -0.15) is 0 Å². The van der Waals surface area contributed by atoms with Crippen LogP contribution in [0.5, 0.6) is 0 Å². The smallest absolute Gasteiger partial charge is 0.444 e. The van der Waals surface area contributed by atoms with Crippen molar-refractivity contribution in [1.29, 1.82) is 0 Å². The van der Waals surface area contributed by atoms with E-state index >= 15 is 0 Å². The Hall–Kier alpha value is -1.60. The zero-order valence-electron chi connectivity index (χ0n) is 18.8. The van der Waals surface area contributed by atoms with Gasteiger partial charge in [-0.25, -0.2) is 9.18 Å². The fourth-order valence-electron chi connectivity index (χ4n) is 4.01. The summed E-state index contributed by atoms with van der Waals surface area (Å²) in [7, 11) is -0.461. The lowest BCUT2D eigenvalue weighted by Gasteiger charge is -2.50. The number of carbonyl (C=O) groups excluding carboxylic acids is 1. The minimum Gasteiger partial charge on any atom is -0.444 e. The van der Waals surface area contributed by atoms with Crippen molar-refractivity contribution >= 4 is 18.7 Å². The van der Waals surface area contributed by atoms with Crippen LogP contribution in [0, 0.1) is 0 Å². The molecule has 0 radical (unpaired) electrons. The molecule has 5 nitrogen and oxygen atoms in total. The van der Waals surface area contributed by atoms with Crippen molar-refractivity contribution in [2.45, 2.75) is 96.2 Å². The van der Waals surface area contributed by atoms with E-state index in [-0.39, 0.29) is 12.8 Å². The Kier molecular flexibility index (Phi) is 5.11. The summed E-state index contributed by atoms with van der Waals surface area (Å²) < 4.78 is 32.0. The summed E-state index contributed by atoms with van der Waals surface area (Å²) in [5, 5.41) is 2.91. The Morgan fingerprint density at radius 1 is 1.03 bits per heavy atom. The van der Waals surface area contributed by atoms with Crippen LogP contribution in [-0.4, -0.2) is 35.7 Å². The molecule has 7 heteroatoms. The van der Waals surface area contributed by atoms with E-state index in [0.717, 1.165) is 11.0 Å². The number of alkyl halides is 1. The molecule has 1 aromatic rings. The number of hydrogen-bond donors (Lipinski definition) is 1. The second kappa shape index (κ2) is 6.71. The predicted molar refractivity (Wildman–Crippen MR) is 112 cm³/mol. The van der Waals surface area contributed by atoms with Crippen molar-refractivity contribution in [1.82, 2.24) is 5.32 Å². The SMILES string of the molecule is CC1(F)CC(NC(=O)OC(C)(C)C)(c2ccc(B3OC(C)(C)C(C)(C)O3)cc2)C1. The van der Waals surface area contributed by atoms with Gasteiger partial charge in [0.2, 0.25) is 0 Å². The summed E-state index contributed by atoms with van der Waals surface area (Å²) in [6.45, 7) is 15.0. The first-order valence-electron chi connectivity index (χ1n) is 10.2. The van der Waals surface area contributed by atoms with Crippen molar-refractivity contribution in [2.24, 2.45) is 0 Å². The first-order valence-corrected chi connectivity index (χ1v) is 10.2. The summed E-state index contributed by atoms with van der Waals surface area (Å²) in [6, 6.07) is 7.66. The molecular weight excluding hydrogens is 372 g/mol. The first-order chi connectivity index (χ1) is 13.0. The Labute approximate surface area is 173 Å². The Bertz CT molecular complexity index is 759. The largest absolute Gasteiger partial charge is 0.494 e. The molecule has 1 aliphatic heterocycles. The molecule has 0 atom stereocenters. The summed E-state index contributed by atoms with van der Waals surface area (Å²) in [6.07, 6.45) is -0.132. The van der Waals surface area contributed by atoms with E-state index < -0.39 is 41.2 Å². The molecule has 2 fully saturated rings. The van der Waals surface area contributed by atoms with Gasteiger partial charge in [-0.3, -0.25) is 0 Å². The number of benzene rings is 1. The maximum Gasteiger partial charge on any atom is 0.494 e. The lowest BCUT2D eigenvalue weighted by Crippen LogP contribution is -2.60. The number of ether oxygens (including phenoxy) is 1. The standard InChI is InChI=1S/C22H33BFNO4/c1-18(2,3)27-17(26)25-22(13-21(8,24)14-22)15-9-11-16(12-10-15)23-28-19(4,5)20(6,7)29-23/h9-12H,13-14H2,1-8H3,(H,25,26). The van der Waals surface area contributed by atoms with Gasteiger partial charge < -0.3 is 19.4 Å². The number of hydrogen-bond acceptors (Lipinski definition) is 4. The maximum atomic E-state index is 14.4. The second-order valence-electron chi connectivity index (χ2n) is 10.7. The molecule has 0 bridgehead atoms. The van der Waals surface area contributed by atoms with Crippen LogP contribution in [0.15, 0.2) is 24.3 Å². The number of rotatable bonds is 3. The van der Waals surface area contributed by atoms with Crippen LogP contribution < -0.4 is 10.8 Å². The number of carbonyl (C=O) groups is 1. The lowest BCUT2D eigenvalue weighted by atomic mass is 9.63. The summed E-state index contributed by atoms with van der Waals surface area (Å²) >= 11 is 0. The van der Waals surface area contributed by atoms with E-state index in [9.17, 15) is 9.18 Å². The summed E-state index contributed by atoms with van der Waals surface area (Å²) in [5.74, 6) is 0. The molecule has 1 N–H and O–H groups in total. The quantitative estimate of drug-likeness (QED) is 0.765. The number of alkyl carbamates (subject to hydrolysis) is 1. The molecule has 160 valence electrons. The minimum absolute atomic E-state index is 0.203. The molecule has 3 rings (SSSR count). The molecule has 2 aliphatic rings. The van der Waals surface area contributed by atoms with Gasteiger partial charge in [0, 0.05) is 12.8 Å². The molecule has 1 saturated carbocycles. The topological polar surface area (TPSA) is 56.8 Å². The van der Waals surface area contributed by atoms with Crippen LogP contribution >= 0.6 is 0 Å². The molecule has 1 saturated heterocycles. The van der Waals surface area contributed by atoms with Gasteiger partial charge in [0.1, 0.15) is 11.3 Å². The molecular formula is C22H33BFNO4. The van der Waals surface area contributed by atoms with E-state index in [1.54, 1.807) is 27.7 Å². The Balaban J connectivity index is 1.79. The molecule has 1 aliphatic carbocycles. The third-order valence-corrected chi connectivity index (χ3v) is 6.07. The molecule has 1 aromatic carbocycles. The zero-order valence-corrected chi connectivity index (χ0v) is 18.8. The molecule has 1 heterocycles.